The second-order valence-corrected chi connectivity index (χ2v) is 12.0. The first-order valence-corrected chi connectivity index (χ1v) is 17.1. The van der Waals surface area contributed by atoms with Crippen molar-refractivity contribution in [3.8, 4) is 0 Å². The Hall–Kier alpha value is -5.23. The van der Waals surface area contributed by atoms with Crippen molar-refractivity contribution < 1.29 is 63.6 Å². The van der Waals surface area contributed by atoms with Crippen LogP contribution >= 0.6 is 0 Å². The normalized spacial score (nSPS) is 12.2. The summed E-state index contributed by atoms with van der Waals surface area (Å²) >= 11 is 0. The van der Waals surface area contributed by atoms with Crippen LogP contribution in [0.5, 0.6) is 0 Å². The molecule has 3 unspecified atom stereocenters. The number of urea groups is 1. The second-order valence-electron chi connectivity index (χ2n) is 12.0. The fourth-order valence-corrected chi connectivity index (χ4v) is 4.96. The van der Waals surface area contributed by atoms with E-state index in [1.54, 1.807) is 4.68 Å². The van der Waals surface area contributed by atoms with E-state index < -0.39 is 54.3 Å². The number of nitrogens with one attached hydrogen (secondary N) is 3. The molecule has 0 radical (unpaired) electrons. The van der Waals surface area contributed by atoms with Gasteiger partial charge in [0.1, 0.15) is 17.9 Å². The summed E-state index contributed by atoms with van der Waals surface area (Å²) in [6.45, 7) is 1.40. The second kappa shape index (κ2) is 28.5. The van der Waals surface area contributed by atoms with E-state index in [1.165, 1.54) is 0 Å². The predicted molar refractivity (Wildman–Crippen MR) is 178 cm³/mol. The number of carbonyl (C=O) groups excluding carboxylic acids is 5. The van der Waals surface area contributed by atoms with Crippen LogP contribution in [0.25, 0.3) is 0 Å². The van der Waals surface area contributed by atoms with Crippen molar-refractivity contribution in [1.82, 2.24) is 30.9 Å². The van der Waals surface area contributed by atoms with Crippen molar-refractivity contribution >= 4 is 47.8 Å². The van der Waals surface area contributed by atoms with E-state index in [9.17, 15) is 43.8 Å². The number of unbranched alkanes of at least 4 members (excludes halogenated alkanes) is 5. The average Bonchev–Trinajstić information content (AvgIpc) is 3.52. The zero-order valence-electron chi connectivity index (χ0n) is 29.1. The molecule has 0 saturated heterocycles. The van der Waals surface area contributed by atoms with Crippen LogP contribution in [-0.4, -0.2) is 108 Å². The maximum atomic E-state index is 12.4. The molecule has 0 aromatic carbocycles. The molecule has 1 heterocycles. The number of carboxylic acid groups (broad SMARTS) is 4. The van der Waals surface area contributed by atoms with Crippen LogP contribution in [0, 0.1) is 5.92 Å². The number of aliphatic carboxylic acids is 4. The highest BCUT2D eigenvalue weighted by Crippen LogP contribution is 2.17. The number of ketones is 1. The predicted octanol–water partition coefficient (Wildman–Crippen LogP) is 0.724. The van der Waals surface area contributed by atoms with E-state index in [2.05, 4.69) is 26.3 Å². The minimum absolute atomic E-state index is 0.00201. The molecule has 0 spiro atoms. The average molecular weight is 742 g/mol. The van der Waals surface area contributed by atoms with E-state index in [0.717, 1.165) is 25.0 Å². The summed E-state index contributed by atoms with van der Waals surface area (Å²) in [5.74, 6) is -5.97. The minimum Gasteiger partial charge on any atom is -0.481 e. The van der Waals surface area contributed by atoms with Gasteiger partial charge >= 0.3 is 36.1 Å². The van der Waals surface area contributed by atoms with Gasteiger partial charge in [0.15, 0.2) is 0 Å². The maximum absolute atomic E-state index is 12.4. The summed E-state index contributed by atoms with van der Waals surface area (Å²) in [6, 6.07) is -3.84. The van der Waals surface area contributed by atoms with Gasteiger partial charge in [-0.15, -0.1) is 5.10 Å². The van der Waals surface area contributed by atoms with Gasteiger partial charge in [-0.25, -0.2) is 14.4 Å². The fourth-order valence-electron chi connectivity index (χ4n) is 4.96. The van der Waals surface area contributed by atoms with E-state index >= 15 is 0 Å². The van der Waals surface area contributed by atoms with Crippen molar-refractivity contribution in [3.63, 3.8) is 0 Å². The summed E-state index contributed by atoms with van der Waals surface area (Å²) in [6.07, 6.45) is 7.69. The molecule has 3 atom stereocenters. The van der Waals surface area contributed by atoms with Gasteiger partial charge in [0.2, 0.25) is 5.91 Å². The standard InChI is InChI=1S/C31H51N7O11.CO2/c32-16-15-22-20-38(37-36-22)18-8-6-9-21(28(43)44)19-23(39)10-3-1-2-4-12-26(40)33-17-7-5-11-24(29(45)46)34-31(49)35-25(30(47)48)13-14-27(41)42;2-1-3/h20-21,24-25H,1-19,32H2,(H,33,40)(H,41,42)(H,43,44)(H,45,46)(H,47,48)(H2,34,35,49);. The van der Waals surface area contributed by atoms with Gasteiger partial charge in [0, 0.05) is 51.4 Å². The van der Waals surface area contributed by atoms with Gasteiger partial charge in [-0.05, 0) is 57.9 Å². The van der Waals surface area contributed by atoms with Crippen molar-refractivity contribution in [2.75, 3.05) is 13.1 Å². The van der Waals surface area contributed by atoms with Crippen LogP contribution in [0.2, 0.25) is 0 Å². The lowest BCUT2D eigenvalue weighted by Gasteiger charge is -2.18. The van der Waals surface area contributed by atoms with Crippen LogP contribution in [0.15, 0.2) is 6.20 Å². The van der Waals surface area contributed by atoms with Gasteiger partial charge in [-0.3, -0.25) is 23.9 Å². The topological polar surface area (TPSA) is 327 Å². The minimum atomic E-state index is -1.49. The van der Waals surface area contributed by atoms with E-state index in [4.69, 9.17) is 25.5 Å². The summed E-state index contributed by atoms with van der Waals surface area (Å²) in [5.41, 5.74) is 6.32. The third-order valence-corrected chi connectivity index (χ3v) is 7.70. The van der Waals surface area contributed by atoms with Crippen molar-refractivity contribution in [1.29, 1.82) is 0 Å². The molecule has 3 amide bonds. The SMILES string of the molecule is NCCc1cn(CCCCC(CC(=O)CCCCCCC(=O)NCCCCC(NC(=O)NC(CCC(=O)O)C(=O)O)C(=O)O)C(=O)O)nn1.O=C=O. The molecule has 0 aliphatic rings. The van der Waals surface area contributed by atoms with E-state index in [-0.39, 0.29) is 49.9 Å². The lowest BCUT2D eigenvalue weighted by atomic mass is 9.94. The fraction of sp³-hybridized carbons (Fsp3) is 0.688. The van der Waals surface area contributed by atoms with Crippen LogP contribution in [0.1, 0.15) is 102 Å². The summed E-state index contributed by atoms with van der Waals surface area (Å²) in [4.78, 5) is 97.8. The first kappa shape index (κ1) is 46.8. The highest BCUT2D eigenvalue weighted by Gasteiger charge is 2.25. The van der Waals surface area contributed by atoms with Crippen LogP contribution in [0.4, 0.5) is 4.79 Å². The number of carbonyl (C=O) groups is 7. The number of aromatic nitrogens is 3. The van der Waals surface area contributed by atoms with Gasteiger partial charge in [-0.2, -0.15) is 9.59 Å². The summed E-state index contributed by atoms with van der Waals surface area (Å²) in [5, 5.41) is 51.7. The highest BCUT2D eigenvalue weighted by molar-refractivity contribution is 5.86. The molecule has 0 aliphatic carbocycles. The molecule has 9 N–H and O–H groups in total. The number of hydrogen-bond acceptors (Lipinski definition) is 12. The molecule has 20 nitrogen and oxygen atoms in total. The third-order valence-electron chi connectivity index (χ3n) is 7.70. The summed E-state index contributed by atoms with van der Waals surface area (Å²) in [7, 11) is 0. The van der Waals surface area contributed by atoms with Crippen LogP contribution in [-0.2, 0) is 51.3 Å². The van der Waals surface area contributed by atoms with Gasteiger partial charge in [0.05, 0.1) is 11.6 Å². The van der Waals surface area contributed by atoms with Gasteiger partial charge in [0.25, 0.3) is 0 Å². The zero-order valence-corrected chi connectivity index (χ0v) is 29.1. The Morgan fingerprint density at radius 1 is 0.750 bits per heavy atom. The number of aryl methyl sites for hydroxylation is 1. The molecular formula is C32H51N7O13. The Balaban J connectivity index is 0.00000835. The molecule has 1 aromatic heterocycles. The maximum Gasteiger partial charge on any atom is 0.373 e. The first-order valence-electron chi connectivity index (χ1n) is 17.1. The third kappa shape index (κ3) is 24.0. The highest BCUT2D eigenvalue weighted by atomic mass is 16.4. The van der Waals surface area contributed by atoms with Crippen molar-refractivity contribution in [3.05, 3.63) is 11.9 Å². The Morgan fingerprint density at radius 3 is 1.92 bits per heavy atom. The number of Topliss-reactive ketones (excluding diaryl/α,β-unsaturated/α-hetero) is 1. The number of rotatable bonds is 29. The molecule has 1 aromatic rings. The molecule has 292 valence electrons. The Bertz CT molecular complexity index is 1320. The number of carboxylic acids is 4. The first-order chi connectivity index (χ1) is 24.7. The number of nitrogens with two attached hydrogens (primary N) is 1. The molecule has 1 rings (SSSR count). The molecule has 52 heavy (non-hydrogen) atoms. The Labute approximate surface area is 300 Å². The quantitative estimate of drug-likeness (QED) is 0.0524. The monoisotopic (exact) mass is 741 g/mol. The van der Waals surface area contributed by atoms with Gasteiger partial charge in [-0.1, -0.05) is 24.5 Å². The van der Waals surface area contributed by atoms with Crippen LogP contribution in [0.3, 0.4) is 0 Å². The molecule has 0 fully saturated rings. The van der Waals surface area contributed by atoms with Gasteiger partial charge < -0.3 is 42.1 Å². The largest absolute Gasteiger partial charge is 0.481 e. The van der Waals surface area contributed by atoms with Crippen molar-refractivity contribution in [2.45, 2.75) is 121 Å². The molecular weight excluding hydrogens is 690 g/mol. The molecule has 0 saturated carbocycles. The smallest absolute Gasteiger partial charge is 0.373 e. The number of nitrogens with zero attached hydrogens (tertiary/aromatic N) is 3. The number of amides is 3. The molecule has 0 aliphatic heterocycles. The van der Waals surface area contributed by atoms with Crippen molar-refractivity contribution in [2.24, 2.45) is 11.7 Å². The zero-order chi connectivity index (χ0) is 39.3. The Kier molecular flexibility index (Phi) is 25.6. The lowest BCUT2D eigenvalue weighted by Crippen LogP contribution is -2.51. The Morgan fingerprint density at radius 2 is 1.35 bits per heavy atom. The van der Waals surface area contributed by atoms with Crippen LogP contribution < -0.4 is 21.7 Å². The summed E-state index contributed by atoms with van der Waals surface area (Å²) < 4.78 is 1.71. The lowest BCUT2D eigenvalue weighted by molar-refractivity contribution is -0.192. The number of hydrogen-bond donors (Lipinski definition) is 8. The molecule has 20 heteroatoms. The van der Waals surface area contributed by atoms with E-state index in [1.807, 2.05) is 6.20 Å². The van der Waals surface area contributed by atoms with E-state index in [0.29, 0.717) is 64.6 Å². The molecule has 0 bridgehead atoms.